The summed E-state index contributed by atoms with van der Waals surface area (Å²) in [6.45, 7) is 2.09. The van der Waals surface area contributed by atoms with Crippen molar-refractivity contribution >= 4 is 28.9 Å². The van der Waals surface area contributed by atoms with Gasteiger partial charge in [0, 0.05) is 27.6 Å². The monoisotopic (exact) mass is 381 g/mol. The smallest absolute Gasteiger partial charge is 0.216 e. The molecule has 0 amide bonds. The van der Waals surface area contributed by atoms with Crippen LogP contribution in [0.4, 0.5) is 0 Å². The average Bonchev–Trinajstić information content (AvgIpc) is 2.65. The van der Waals surface area contributed by atoms with Gasteiger partial charge < -0.3 is 4.74 Å². The van der Waals surface area contributed by atoms with Gasteiger partial charge in [-0.3, -0.25) is 0 Å². The van der Waals surface area contributed by atoms with Crippen molar-refractivity contribution in [2.24, 2.45) is 4.99 Å². The van der Waals surface area contributed by atoms with Crippen LogP contribution >= 0.6 is 23.2 Å². The van der Waals surface area contributed by atoms with Gasteiger partial charge in [-0.05, 0) is 48.4 Å². The highest BCUT2D eigenvalue weighted by Gasteiger charge is 2.24. The zero-order valence-electron chi connectivity index (χ0n) is 14.2. The van der Waals surface area contributed by atoms with Crippen molar-refractivity contribution < 1.29 is 4.74 Å². The highest BCUT2D eigenvalue weighted by Crippen LogP contribution is 2.35. The highest BCUT2D eigenvalue weighted by atomic mass is 35.5. The van der Waals surface area contributed by atoms with Gasteiger partial charge in [-0.25, -0.2) is 4.99 Å². The van der Waals surface area contributed by atoms with Crippen molar-refractivity contribution in [3.8, 4) is 5.75 Å². The number of ether oxygens (including phenoxy) is 1. The molecule has 0 saturated carbocycles. The summed E-state index contributed by atoms with van der Waals surface area (Å²) in [4.78, 5) is 4.90. The third-order valence-corrected chi connectivity index (χ3v) is 4.99. The Balaban J connectivity index is 1.78. The second-order valence-corrected chi connectivity index (χ2v) is 7.22. The minimum Gasteiger partial charge on any atom is -0.464 e. The number of hydrogen-bond donors (Lipinski definition) is 0. The summed E-state index contributed by atoms with van der Waals surface area (Å²) in [5, 5.41) is 1.38. The summed E-state index contributed by atoms with van der Waals surface area (Å²) in [7, 11) is 0. The first-order valence-electron chi connectivity index (χ1n) is 8.43. The van der Waals surface area contributed by atoms with E-state index < -0.39 is 0 Å². The first-order valence-corrected chi connectivity index (χ1v) is 9.19. The van der Waals surface area contributed by atoms with Crippen LogP contribution in [0.5, 0.6) is 5.75 Å². The molecule has 1 atom stereocenters. The second-order valence-electron chi connectivity index (χ2n) is 6.34. The summed E-state index contributed by atoms with van der Waals surface area (Å²) in [5.74, 6) is 0.760. The van der Waals surface area contributed by atoms with Crippen LogP contribution in [0, 0.1) is 6.92 Å². The average molecular weight is 382 g/mol. The molecule has 3 aromatic carbocycles. The maximum atomic E-state index is 6.20. The van der Waals surface area contributed by atoms with Gasteiger partial charge in [-0.2, -0.15) is 0 Å². The largest absolute Gasteiger partial charge is 0.464 e. The van der Waals surface area contributed by atoms with Crippen LogP contribution in [0.25, 0.3) is 0 Å². The summed E-state index contributed by atoms with van der Waals surface area (Å²) >= 11 is 12.4. The molecule has 1 unspecified atom stereocenters. The minimum absolute atomic E-state index is 0.378. The van der Waals surface area contributed by atoms with Crippen LogP contribution in [0.1, 0.15) is 28.5 Å². The lowest BCUT2D eigenvalue weighted by Crippen LogP contribution is -2.19. The van der Waals surface area contributed by atoms with Gasteiger partial charge >= 0.3 is 0 Å². The Morgan fingerprint density at radius 3 is 2.46 bits per heavy atom. The number of benzene rings is 3. The van der Waals surface area contributed by atoms with Gasteiger partial charge in [-0.15, -0.1) is 0 Å². The molecule has 130 valence electrons. The molecule has 4 rings (SSSR count). The highest BCUT2D eigenvalue weighted by molar-refractivity contribution is 6.31. The van der Waals surface area contributed by atoms with E-state index in [-0.39, 0.29) is 6.23 Å². The van der Waals surface area contributed by atoms with E-state index in [4.69, 9.17) is 32.9 Å². The van der Waals surface area contributed by atoms with E-state index >= 15 is 0 Å². The van der Waals surface area contributed by atoms with E-state index in [1.165, 1.54) is 5.56 Å². The van der Waals surface area contributed by atoms with Crippen molar-refractivity contribution in [2.45, 2.75) is 19.6 Å². The van der Waals surface area contributed by atoms with Gasteiger partial charge in [0.05, 0.1) is 5.71 Å². The molecule has 1 aliphatic heterocycles. The zero-order chi connectivity index (χ0) is 18.1. The first kappa shape index (κ1) is 17.1. The lowest BCUT2D eigenvalue weighted by molar-refractivity contribution is 0.210. The quantitative estimate of drug-likeness (QED) is 0.512. The maximum Gasteiger partial charge on any atom is 0.216 e. The Hall–Kier alpha value is -2.29. The third-order valence-electron chi connectivity index (χ3n) is 4.52. The van der Waals surface area contributed by atoms with Gasteiger partial charge in [0.2, 0.25) is 6.23 Å². The summed E-state index contributed by atoms with van der Waals surface area (Å²) in [5.41, 5.74) is 5.31. The number of nitrogens with zero attached hydrogens (tertiary/aromatic N) is 1. The van der Waals surface area contributed by atoms with Gasteiger partial charge in [0.25, 0.3) is 0 Å². The molecule has 2 nitrogen and oxygen atoms in total. The molecule has 1 heterocycles. The molecule has 0 bridgehead atoms. The molecule has 0 spiro atoms. The summed E-state index contributed by atoms with van der Waals surface area (Å²) in [6.07, 6.45) is 0.310. The Bertz CT molecular complexity index is 983. The van der Waals surface area contributed by atoms with E-state index in [9.17, 15) is 0 Å². The first-order chi connectivity index (χ1) is 12.6. The normalized spacial score (nSPS) is 15.8. The summed E-state index contributed by atoms with van der Waals surface area (Å²) in [6, 6.07) is 21.6. The predicted octanol–water partition coefficient (Wildman–Crippen LogP) is 6.42. The van der Waals surface area contributed by atoms with Gasteiger partial charge in [0.1, 0.15) is 5.75 Å². The lowest BCUT2D eigenvalue weighted by Gasteiger charge is -2.25. The van der Waals surface area contributed by atoms with E-state index in [1.807, 2.05) is 66.7 Å². The zero-order valence-corrected chi connectivity index (χ0v) is 15.8. The Labute approximate surface area is 163 Å². The molecular formula is C22H17Cl2NO. The number of aryl methyl sites for hydroxylation is 1. The number of rotatable bonds is 3. The van der Waals surface area contributed by atoms with Crippen LogP contribution in [0.3, 0.4) is 0 Å². The molecule has 4 heteroatoms. The summed E-state index contributed by atoms with van der Waals surface area (Å²) < 4.78 is 6.12. The molecule has 0 aromatic heterocycles. The molecule has 3 aromatic rings. The second kappa shape index (κ2) is 7.14. The molecular weight excluding hydrogens is 365 g/mol. The fourth-order valence-electron chi connectivity index (χ4n) is 3.10. The Morgan fingerprint density at radius 1 is 0.923 bits per heavy atom. The van der Waals surface area contributed by atoms with Crippen molar-refractivity contribution in [2.75, 3.05) is 0 Å². The minimum atomic E-state index is -0.378. The topological polar surface area (TPSA) is 21.6 Å². The number of fused-ring (bicyclic) bond motifs is 1. The van der Waals surface area contributed by atoms with E-state index in [2.05, 4.69) is 6.92 Å². The molecule has 0 N–H and O–H groups in total. The van der Waals surface area contributed by atoms with E-state index in [1.54, 1.807) is 0 Å². The number of hydrogen-bond acceptors (Lipinski definition) is 2. The number of halogens is 2. The van der Waals surface area contributed by atoms with Crippen molar-refractivity contribution in [3.63, 3.8) is 0 Å². The lowest BCUT2D eigenvalue weighted by atomic mass is 9.97. The Morgan fingerprint density at radius 2 is 1.65 bits per heavy atom. The number of aliphatic imine (C=N–C) groups is 1. The Kier molecular flexibility index (Phi) is 4.71. The fraction of sp³-hybridized carbons (Fsp3) is 0.136. The van der Waals surface area contributed by atoms with Crippen LogP contribution in [0.15, 0.2) is 71.7 Å². The van der Waals surface area contributed by atoms with Crippen LogP contribution < -0.4 is 4.74 Å². The SMILES string of the molecule is Cc1ccc(Cl)cc1CC1=NC(c2ccccc2)Oc2cc(Cl)ccc21. The molecule has 0 fully saturated rings. The van der Waals surface area contributed by atoms with Gasteiger partial charge in [0.15, 0.2) is 0 Å². The standard InChI is InChI=1S/C22H17Cl2NO/c1-14-7-8-17(23)11-16(14)12-20-19-10-9-18(24)13-21(19)26-22(25-20)15-5-3-2-4-6-15/h2-11,13,22H,12H2,1H3. The molecule has 1 aliphatic rings. The maximum absolute atomic E-state index is 6.20. The molecule has 0 saturated heterocycles. The van der Waals surface area contributed by atoms with E-state index in [0.717, 1.165) is 33.2 Å². The molecule has 0 radical (unpaired) electrons. The van der Waals surface area contributed by atoms with Crippen LogP contribution in [-0.2, 0) is 6.42 Å². The van der Waals surface area contributed by atoms with Crippen molar-refractivity contribution in [3.05, 3.63) is 99.0 Å². The predicted molar refractivity (Wildman–Crippen MR) is 108 cm³/mol. The third kappa shape index (κ3) is 3.48. The molecule has 26 heavy (non-hydrogen) atoms. The molecule has 0 aliphatic carbocycles. The fourth-order valence-corrected chi connectivity index (χ4v) is 3.46. The van der Waals surface area contributed by atoms with E-state index in [0.29, 0.717) is 11.4 Å². The van der Waals surface area contributed by atoms with Crippen LogP contribution in [0.2, 0.25) is 10.0 Å². The van der Waals surface area contributed by atoms with Crippen LogP contribution in [-0.4, -0.2) is 5.71 Å². The van der Waals surface area contributed by atoms with Crippen molar-refractivity contribution in [1.82, 2.24) is 0 Å². The van der Waals surface area contributed by atoms with Gasteiger partial charge in [-0.1, -0.05) is 59.6 Å². The van der Waals surface area contributed by atoms with Crippen molar-refractivity contribution in [1.29, 1.82) is 0 Å².